The zero-order chi connectivity index (χ0) is 14.6. The number of nitrogens with two attached hydrogens (primary N) is 1. The van der Waals surface area contributed by atoms with Gasteiger partial charge in [0.05, 0.1) is 5.41 Å². The molecule has 3 N–H and O–H groups in total. The lowest BCUT2D eigenvalue weighted by Gasteiger charge is -2.29. The lowest BCUT2D eigenvalue weighted by atomic mass is 9.78. The van der Waals surface area contributed by atoms with Gasteiger partial charge in [0.25, 0.3) is 0 Å². The minimum absolute atomic E-state index is 0.123. The minimum Gasteiger partial charge on any atom is -0.355 e. The van der Waals surface area contributed by atoms with Gasteiger partial charge in [-0.3, -0.25) is 4.79 Å². The van der Waals surface area contributed by atoms with E-state index in [1.54, 1.807) is 0 Å². The summed E-state index contributed by atoms with van der Waals surface area (Å²) < 4.78 is 0. The van der Waals surface area contributed by atoms with Gasteiger partial charge in [0.1, 0.15) is 0 Å². The number of hydrogen-bond acceptors (Lipinski definition) is 2. The second kappa shape index (κ2) is 6.59. The molecular weight excluding hydrogens is 272 g/mol. The molecule has 1 aliphatic carbocycles. The highest BCUT2D eigenvalue weighted by atomic mass is 35.5. The molecule has 0 heterocycles. The van der Waals surface area contributed by atoms with Crippen molar-refractivity contribution in [3.05, 3.63) is 34.9 Å². The SMILES string of the molecule is CC(CN)CNC(=O)C1(c2cccc(Cl)c2)CCCC1. The van der Waals surface area contributed by atoms with Gasteiger partial charge in [-0.25, -0.2) is 0 Å². The van der Waals surface area contributed by atoms with Crippen LogP contribution in [-0.4, -0.2) is 19.0 Å². The Labute approximate surface area is 125 Å². The lowest BCUT2D eigenvalue weighted by molar-refractivity contribution is -0.126. The van der Waals surface area contributed by atoms with Crippen molar-refractivity contribution in [3.8, 4) is 0 Å². The summed E-state index contributed by atoms with van der Waals surface area (Å²) in [5.41, 5.74) is 6.25. The smallest absolute Gasteiger partial charge is 0.230 e. The highest BCUT2D eigenvalue weighted by Gasteiger charge is 2.42. The third-order valence-corrected chi connectivity index (χ3v) is 4.52. The van der Waals surface area contributed by atoms with E-state index in [2.05, 4.69) is 5.32 Å². The molecule has 1 aliphatic rings. The first kappa shape index (κ1) is 15.3. The van der Waals surface area contributed by atoms with Crippen molar-refractivity contribution in [1.29, 1.82) is 0 Å². The summed E-state index contributed by atoms with van der Waals surface area (Å²) in [6.07, 6.45) is 3.98. The van der Waals surface area contributed by atoms with Gasteiger partial charge in [-0.05, 0) is 43.0 Å². The van der Waals surface area contributed by atoms with Gasteiger partial charge in [-0.1, -0.05) is 43.5 Å². The minimum atomic E-state index is -0.404. The summed E-state index contributed by atoms with van der Waals surface area (Å²) in [4.78, 5) is 12.7. The Bertz CT molecular complexity index is 469. The Hall–Kier alpha value is -1.06. The monoisotopic (exact) mass is 294 g/mol. The maximum absolute atomic E-state index is 12.7. The van der Waals surface area contributed by atoms with Crippen molar-refractivity contribution in [2.75, 3.05) is 13.1 Å². The van der Waals surface area contributed by atoms with Crippen LogP contribution in [0, 0.1) is 5.92 Å². The second-order valence-electron chi connectivity index (χ2n) is 5.85. The Morgan fingerprint density at radius 2 is 2.15 bits per heavy atom. The van der Waals surface area contributed by atoms with Crippen molar-refractivity contribution < 1.29 is 4.79 Å². The molecule has 0 aromatic heterocycles. The topological polar surface area (TPSA) is 55.1 Å². The van der Waals surface area contributed by atoms with Crippen LogP contribution in [0.1, 0.15) is 38.2 Å². The number of amides is 1. The standard InChI is InChI=1S/C16H23ClN2O/c1-12(10-18)11-19-15(20)16(7-2-3-8-16)13-5-4-6-14(17)9-13/h4-6,9,12H,2-3,7-8,10-11,18H2,1H3,(H,19,20). The molecule has 1 saturated carbocycles. The number of carbonyl (C=O) groups is 1. The summed E-state index contributed by atoms with van der Waals surface area (Å²) in [7, 11) is 0. The molecule has 20 heavy (non-hydrogen) atoms. The van der Waals surface area contributed by atoms with Crippen LogP contribution in [0.25, 0.3) is 0 Å². The molecule has 1 atom stereocenters. The third kappa shape index (κ3) is 3.15. The Balaban J connectivity index is 2.19. The first-order valence-electron chi connectivity index (χ1n) is 7.33. The van der Waals surface area contributed by atoms with Gasteiger partial charge in [0, 0.05) is 11.6 Å². The van der Waals surface area contributed by atoms with Crippen molar-refractivity contribution in [2.24, 2.45) is 11.7 Å². The maximum atomic E-state index is 12.7. The van der Waals surface area contributed by atoms with Crippen molar-refractivity contribution in [1.82, 2.24) is 5.32 Å². The van der Waals surface area contributed by atoms with Gasteiger partial charge < -0.3 is 11.1 Å². The number of benzene rings is 1. The highest BCUT2D eigenvalue weighted by Crippen LogP contribution is 2.42. The van der Waals surface area contributed by atoms with Gasteiger partial charge in [0.2, 0.25) is 5.91 Å². The van der Waals surface area contributed by atoms with E-state index in [1.807, 2.05) is 31.2 Å². The molecule has 2 rings (SSSR count). The van der Waals surface area contributed by atoms with Gasteiger partial charge >= 0.3 is 0 Å². The van der Waals surface area contributed by atoms with Crippen LogP contribution in [0.15, 0.2) is 24.3 Å². The predicted molar refractivity (Wildman–Crippen MR) is 82.8 cm³/mol. The zero-order valence-corrected chi connectivity index (χ0v) is 12.7. The molecule has 1 amide bonds. The molecule has 0 bridgehead atoms. The fourth-order valence-corrected chi connectivity index (χ4v) is 3.12. The van der Waals surface area contributed by atoms with Crippen molar-refractivity contribution in [2.45, 2.75) is 38.0 Å². The quantitative estimate of drug-likeness (QED) is 0.877. The molecule has 110 valence electrons. The summed E-state index contributed by atoms with van der Waals surface area (Å²) in [5, 5.41) is 3.76. The molecule has 4 heteroatoms. The van der Waals surface area contributed by atoms with E-state index < -0.39 is 5.41 Å². The summed E-state index contributed by atoms with van der Waals surface area (Å²) in [6.45, 7) is 3.27. The number of hydrogen-bond donors (Lipinski definition) is 2. The van der Waals surface area contributed by atoms with E-state index in [0.29, 0.717) is 24.0 Å². The van der Waals surface area contributed by atoms with Crippen LogP contribution in [0.4, 0.5) is 0 Å². The molecule has 1 fully saturated rings. The van der Waals surface area contributed by atoms with Crippen LogP contribution >= 0.6 is 11.6 Å². The van der Waals surface area contributed by atoms with E-state index in [-0.39, 0.29) is 5.91 Å². The summed E-state index contributed by atoms with van der Waals surface area (Å²) in [5.74, 6) is 0.425. The normalized spacial score (nSPS) is 18.8. The van der Waals surface area contributed by atoms with Crippen molar-refractivity contribution >= 4 is 17.5 Å². The Kier molecular flexibility index (Phi) is 5.06. The lowest BCUT2D eigenvalue weighted by Crippen LogP contribution is -2.44. The van der Waals surface area contributed by atoms with Crippen LogP contribution in [0.3, 0.4) is 0 Å². The largest absolute Gasteiger partial charge is 0.355 e. The summed E-state index contributed by atoms with van der Waals surface area (Å²) >= 11 is 6.09. The predicted octanol–water partition coefficient (Wildman–Crippen LogP) is 2.86. The Morgan fingerprint density at radius 3 is 2.75 bits per heavy atom. The van der Waals surface area contributed by atoms with Crippen molar-refractivity contribution in [3.63, 3.8) is 0 Å². The van der Waals surface area contributed by atoms with E-state index in [0.717, 1.165) is 31.2 Å². The molecule has 0 radical (unpaired) electrons. The number of rotatable bonds is 5. The third-order valence-electron chi connectivity index (χ3n) is 4.28. The maximum Gasteiger partial charge on any atom is 0.230 e. The zero-order valence-electron chi connectivity index (χ0n) is 12.0. The first-order chi connectivity index (χ1) is 9.58. The van der Waals surface area contributed by atoms with E-state index in [9.17, 15) is 4.79 Å². The molecule has 1 unspecified atom stereocenters. The van der Waals surface area contributed by atoms with Crippen LogP contribution in [0.2, 0.25) is 5.02 Å². The fourth-order valence-electron chi connectivity index (χ4n) is 2.93. The van der Waals surface area contributed by atoms with E-state index >= 15 is 0 Å². The highest BCUT2D eigenvalue weighted by molar-refractivity contribution is 6.30. The van der Waals surface area contributed by atoms with Crippen LogP contribution in [0.5, 0.6) is 0 Å². The number of nitrogens with one attached hydrogen (secondary N) is 1. The summed E-state index contributed by atoms with van der Waals surface area (Å²) in [6, 6.07) is 7.72. The van der Waals surface area contributed by atoms with Gasteiger partial charge in [-0.15, -0.1) is 0 Å². The molecule has 1 aromatic carbocycles. The fraction of sp³-hybridized carbons (Fsp3) is 0.562. The van der Waals surface area contributed by atoms with Crippen LogP contribution in [-0.2, 0) is 10.2 Å². The first-order valence-corrected chi connectivity index (χ1v) is 7.71. The molecule has 0 spiro atoms. The second-order valence-corrected chi connectivity index (χ2v) is 6.29. The molecule has 1 aromatic rings. The molecule has 3 nitrogen and oxygen atoms in total. The van der Waals surface area contributed by atoms with Crippen LogP contribution < -0.4 is 11.1 Å². The number of halogens is 1. The Morgan fingerprint density at radius 1 is 1.45 bits per heavy atom. The molecule has 0 aliphatic heterocycles. The van der Waals surface area contributed by atoms with Gasteiger partial charge in [-0.2, -0.15) is 0 Å². The van der Waals surface area contributed by atoms with Gasteiger partial charge in [0.15, 0.2) is 0 Å². The average Bonchev–Trinajstić information content (AvgIpc) is 2.95. The van der Waals surface area contributed by atoms with E-state index in [4.69, 9.17) is 17.3 Å². The molecule has 0 saturated heterocycles. The molecular formula is C16H23ClN2O. The van der Waals surface area contributed by atoms with E-state index in [1.165, 1.54) is 0 Å². The number of carbonyl (C=O) groups excluding carboxylic acids is 1. The average molecular weight is 295 g/mol.